The van der Waals surface area contributed by atoms with Gasteiger partial charge < -0.3 is 5.32 Å². The van der Waals surface area contributed by atoms with E-state index in [0.717, 1.165) is 24.0 Å². The van der Waals surface area contributed by atoms with Gasteiger partial charge in [-0.1, -0.05) is 47.9 Å². The third-order valence-corrected chi connectivity index (χ3v) is 5.61. The van der Waals surface area contributed by atoms with Crippen LogP contribution in [0.4, 0.5) is 0 Å². The Bertz CT molecular complexity index is 957. The minimum absolute atomic E-state index is 0.0486. The Labute approximate surface area is 143 Å². The molecule has 0 spiro atoms. The van der Waals surface area contributed by atoms with Crippen molar-refractivity contribution in [3.8, 4) is 0 Å². The van der Waals surface area contributed by atoms with Gasteiger partial charge in [0.15, 0.2) is 0 Å². The highest BCUT2D eigenvalue weighted by Gasteiger charge is 2.21. The van der Waals surface area contributed by atoms with Gasteiger partial charge in [0.2, 0.25) is 5.91 Å². The molecule has 24 heavy (non-hydrogen) atoms. The summed E-state index contributed by atoms with van der Waals surface area (Å²) in [5, 5.41) is 3.78. The first-order valence-corrected chi connectivity index (χ1v) is 8.96. The minimum Gasteiger partial charge on any atom is -0.348 e. The fraction of sp³-hybridized carbons (Fsp3) is 0.263. The smallest absolute Gasteiger partial charge is 0.268 e. The molecule has 3 aromatic rings. The van der Waals surface area contributed by atoms with Crippen molar-refractivity contribution in [2.24, 2.45) is 0 Å². The van der Waals surface area contributed by atoms with Crippen LogP contribution in [0.25, 0.3) is 10.1 Å². The Kier molecular flexibility index (Phi) is 3.94. The fourth-order valence-electron chi connectivity index (χ4n) is 3.40. The highest BCUT2D eigenvalue weighted by molar-refractivity contribution is 7.13. The number of nitrogens with zero attached hydrogens (tertiary/aromatic N) is 1. The number of aryl methyl sites for hydroxylation is 1. The van der Waals surface area contributed by atoms with Gasteiger partial charge in [0.1, 0.15) is 6.54 Å². The van der Waals surface area contributed by atoms with Gasteiger partial charge in [0.25, 0.3) is 5.56 Å². The second kappa shape index (κ2) is 6.24. The molecular weight excluding hydrogens is 320 g/mol. The molecule has 4 nitrogen and oxygen atoms in total. The van der Waals surface area contributed by atoms with E-state index in [1.165, 1.54) is 26.6 Å². The molecule has 1 unspecified atom stereocenters. The van der Waals surface area contributed by atoms with E-state index in [2.05, 4.69) is 17.4 Å². The van der Waals surface area contributed by atoms with Crippen molar-refractivity contribution in [2.45, 2.75) is 31.8 Å². The van der Waals surface area contributed by atoms with Crippen LogP contribution in [0.1, 0.15) is 30.0 Å². The number of amides is 1. The summed E-state index contributed by atoms with van der Waals surface area (Å²) in [5.74, 6) is -0.106. The molecule has 0 saturated heterocycles. The average Bonchev–Trinajstić information content (AvgIpc) is 2.91. The minimum atomic E-state index is -0.106. The maximum absolute atomic E-state index is 12.5. The van der Waals surface area contributed by atoms with Crippen molar-refractivity contribution in [1.82, 2.24) is 9.27 Å². The number of nitrogens with one attached hydrogen (secondary N) is 1. The number of carbonyl (C=O) groups excluding carboxylic acids is 1. The molecule has 1 heterocycles. The summed E-state index contributed by atoms with van der Waals surface area (Å²) in [6.45, 7) is 0.0802. The van der Waals surface area contributed by atoms with Gasteiger partial charge in [0, 0.05) is 0 Å². The number of rotatable bonds is 3. The second-order valence-corrected chi connectivity index (χ2v) is 7.20. The summed E-state index contributed by atoms with van der Waals surface area (Å²) in [6.07, 6.45) is 3.09. The molecule has 122 valence electrons. The molecule has 0 bridgehead atoms. The molecule has 0 radical (unpaired) electrons. The van der Waals surface area contributed by atoms with Crippen molar-refractivity contribution in [3.05, 3.63) is 70.0 Å². The molecule has 1 aromatic heterocycles. The van der Waals surface area contributed by atoms with E-state index in [-0.39, 0.29) is 24.1 Å². The molecule has 1 amide bonds. The maximum Gasteiger partial charge on any atom is 0.268 e. The maximum atomic E-state index is 12.5. The molecule has 2 aromatic carbocycles. The van der Waals surface area contributed by atoms with E-state index < -0.39 is 0 Å². The van der Waals surface area contributed by atoms with Crippen molar-refractivity contribution in [1.29, 1.82) is 0 Å². The highest BCUT2D eigenvalue weighted by atomic mass is 32.1. The van der Waals surface area contributed by atoms with Crippen LogP contribution >= 0.6 is 11.5 Å². The Balaban J connectivity index is 1.53. The molecule has 1 N–H and O–H groups in total. The second-order valence-electron chi connectivity index (χ2n) is 6.14. The molecule has 0 saturated carbocycles. The van der Waals surface area contributed by atoms with Crippen molar-refractivity contribution in [2.75, 3.05) is 0 Å². The van der Waals surface area contributed by atoms with Crippen LogP contribution in [0, 0.1) is 0 Å². The number of aromatic nitrogens is 1. The number of fused-ring (bicyclic) bond motifs is 2. The summed E-state index contributed by atoms with van der Waals surface area (Å²) in [5.41, 5.74) is 2.43. The monoisotopic (exact) mass is 338 g/mol. The van der Waals surface area contributed by atoms with Crippen LogP contribution in [0.5, 0.6) is 0 Å². The van der Waals surface area contributed by atoms with Crippen LogP contribution in [0.15, 0.2) is 53.3 Å². The zero-order valence-corrected chi connectivity index (χ0v) is 14.0. The lowest BCUT2D eigenvalue weighted by molar-refractivity contribution is -0.122. The number of hydrogen-bond acceptors (Lipinski definition) is 3. The number of hydrogen-bond donors (Lipinski definition) is 1. The zero-order chi connectivity index (χ0) is 16.5. The molecule has 0 aliphatic heterocycles. The number of carbonyl (C=O) groups is 1. The molecule has 0 fully saturated rings. The van der Waals surface area contributed by atoms with E-state index in [4.69, 9.17) is 0 Å². The summed E-state index contributed by atoms with van der Waals surface area (Å²) in [7, 11) is 0. The third-order valence-electron chi connectivity index (χ3n) is 4.54. The molecule has 4 rings (SSSR count). The molecule has 5 heteroatoms. The first kappa shape index (κ1) is 15.1. The van der Waals surface area contributed by atoms with Gasteiger partial charge in [-0.15, -0.1) is 0 Å². The quantitative estimate of drug-likeness (QED) is 0.797. The van der Waals surface area contributed by atoms with Crippen LogP contribution in [0.3, 0.4) is 0 Å². The first-order chi connectivity index (χ1) is 11.7. The lowest BCUT2D eigenvalue weighted by Crippen LogP contribution is -2.34. The first-order valence-electron chi connectivity index (χ1n) is 8.18. The normalized spacial score (nSPS) is 16.8. The molecular formula is C19H18N2O2S. The largest absolute Gasteiger partial charge is 0.348 e. The topological polar surface area (TPSA) is 51.1 Å². The Morgan fingerprint density at radius 2 is 1.96 bits per heavy atom. The van der Waals surface area contributed by atoms with E-state index in [0.29, 0.717) is 5.39 Å². The molecule has 1 aliphatic rings. The van der Waals surface area contributed by atoms with Gasteiger partial charge in [-0.05, 0) is 42.5 Å². The number of benzene rings is 2. The van der Waals surface area contributed by atoms with E-state index >= 15 is 0 Å². The SMILES string of the molecule is O=C(Cn1sc2ccccc2c1=O)NC1CCCc2ccccc21. The Hall–Kier alpha value is -2.40. The van der Waals surface area contributed by atoms with E-state index in [1.54, 1.807) is 6.07 Å². The summed E-state index contributed by atoms with van der Waals surface area (Å²) >= 11 is 1.34. The van der Waals surface area contributed by atoms with Gasteiger partial charge in [-0.2, -0.15) is 0 Å². The van der Waals surface area contributed by atoms with Gasteiger partial charge in [-0.25, -0.2) is 0 Å². The Morgan fingerprint density at radius 3 is 2.83 bits per heavy atom. The lowest BCUT2D eigenvalue weighted by atomic mass is 9.88. The summed E-state index contributed by atoms with van der Waals surface area (Å²) in [6, 6.07) is 15.8. The zero-order valence-electron chi connectivity index (χ0n) is 13.2. The van der Waals surface area contributed by atoms with Gasteiger partial charge >= 0.3 is 0 Å². The van der Waals surface area contributed by atoms with E-state index in [9.17, 15) is 9.59 Å². The van der Waals surface area contributed by atoms with Gasteiger partial charge in [0.05, 0.1) is 16.1 Å². The predicted molar refractivity (Wildman–Crippen MR) is 96.3 cm³/mol. The lowest BCUT2D eigenvalue weighted by Gasteiger charge is -2.26. The van der Waals surface area contributed by atoms with Crippen LogP contribution in [0.2, 0.25) is 0 Å². The summed E-state index contributed by atoms with van der Waals surface area (Å²) < 4.78 is 2.45. The molecule has 1 aliphatic carbocycles. The summed E-state index contributed by atoms with van der Waals surface area (Å²) in [4.78, 5) is 24.8. The van der Waals surface area contributed by atoms with Crippen molar-refractivity contribution < 1.29 is 4.79 Å². The van der Waals surface area contributed by atoms with Crippen LogP contribution < -0.4 is 10.9 Å². The standard InChI is InChI=1S/C19H18N2O2S/c22-18(12-21-19(23)15-9-3-4-11-17(15)24-21)20-16-10-5-7-13-6-1-2-8-14(13)16/h1-4,6,8-9,11,16H,5,7,10,12H2,(H,20,22). The highest BCUT2D eigenvalue weighted by Crippen LogP contribution is 2.29. The third kappa shape index (κ3) is 2.76. The van der Waals surface area contributed by atoms with Crippen molar-refractivity contribution >= 4 is 27.5 Å². The molecule has 1 atom stereocenters. The van der Waals surface area contributed by atoms with Crippen LogP contribution in [-0.2, 0) is 17.8 Å². The van der Waals surface area contributed by atoms with Crippen LogP contribution in [-0.4, -0.2) is 9.86 Å². The predicted octanol–water partition coefficient (Wildman–Crippen LogP) is 3.26. The Morgan fingerprint density at radius 1 is 1.17 bits per heavy atom. The van der Waals surface area contributed by atoms with Crippen molar-refractivity contribution in [3.63, 3.8) is 0 Å². The van der Waals surface area contributed by atoms with E-state index in [1.807, 2.05) is 30.3 Å². The average molecular weight is 338 g/mol. The van der Waals surface area contributed by atoms with Gasteiger partial charge in [-0.3, -0.25) is 13.5 Å². The fourth-order valence-corrected chi connectivity index (χ4v) is 4.39.